The second-order valence-electron chi connectivity index (χ2n) is 3.89. The van der Waals surface area contributed by atoms with Crippen molar-refractivity contribution >= 4 is 37.2 Å². The Labute approximate surface area is 134 Å². The number of halogens is 4. The molecule has 16 heavy (non-hydrogen) atoms. The molecule has 0 unspecified atom stereocenters. The van der Waals surface area contributed by atoms with Crippen LogP contribution in [0.3, 0.4) is 0 Å². The molecule has 0 aliphatic carbocycles. The van der Waals surface area contributed by atoms with Crippen molar-refractivity contribution in [2.75, 3.05) is 56.2 Å². The van der Waals surface area contributed by atoms with E-state index in [-0.39, 0.29) is 0 Å². The first-order valence-electron chi connectivity index (χ1n) is 5.22. The van der Waals surface area contributed by atoms with Crippen LogP contribution in [0, 0.1) is 0 Å². The summed E-state index contributed by atoms with van der Waals surface area (Å²) in [5.74, 6) is 0. The summed E-state index contributed by atoms with van der Waals surface area (Å²) < 4.78 is 5.25. The fourth-order valence-corrected chi connectivity index (χ4v) is 9.32. The number of rotatable bonds is 5. The van der Waals surface area contributed by atoms with E-state index in [9.17, 15) is 0 Å². The molecule has 1 aliphatic heterocycles. The monoisotopic (exact) mass is 679 g/mol. The summed E-state index contributed by atoms with van der Waals surface area (Å²) in [5, 5.41) is 0. The normalized spacial score (nSPS) is 21.9. The zero-order chi connectivity index (χ0) is 12.2. The van der Waals surface area contributed by atoms with Crippen LogP contribution in [0.25, 0.3) is 0 Å². The fraction of sp³-hybridized carbons (Fsp3) is 1.00. The van der Waals surface area contributed by atoms with Crippen LogP contribution in [-0.2, 0) is 0 Å². The molecule has 1 aliphatic rings. The molecule has 0 aromatic heterocycles. The van der Waals surface area contributed by atoms with Gasteiger partial charge in [-0.05, 0) is 0 Å². The molecule has 0 amide bonds. The van der Waals surface area contributed by atoms with E-state index in [1.807, 2.05) is 0 Å². The number of nitrogens with zero attached hydrogens (tertiary/aromatic N) is 3. The van der Waals surface area contributed by atoms with E-state index < -0.39 is 10.8 Å². The average molecular weight is 679 g/mol. The van der Waals surface area contributed by atoms with Gasteiger partial charge in [-0.1, -0.05) is 0 Å². The number of hydrogen-bond acceptors (Lipinski definition) is 3. The number of hydrogen-bond donors (Lipinski definition) is 0. The van der Waals surface area contributed by atoms with Crippen LogP contribution in [0.2, 0.25) is 0 Å². The van der Waals surface area contributed by atoms with Crippen LogP contribution in [0.1, 0.15) is 0 Å². The summed E-state index contributed by atoms with van der Waals surface area (Å²) in [7, 11) is 0.750. The maximum atomic E-state index is 2.75. The Hall–Kier alpha value is 2.80. The second-order valence-corrected chi connectivity index (χ2v) is 43.3. The van der Waals surface area contributed by atoms with Crippen molar-refractivity contribution in [2.45, 2.75) is 0 Å². The van der Waals surface area contributed by atoms with E-state index in [1.54, 1.807) is 0 Å². The first-order valence-corrected chi connectivity index (χ1v) is 24.0. The van der Waals surface area contributed by atoms with Crippen LogP contribution in [0.4, 0.5) is 0 Å². The number of alkyl halides is 2. The van der Waals surface area contributed by atoms with Gasteiger partial charge >= 0.3 is 137 Å². The molecule has 0 saturated carbocycles. The third kappa shape index (κ3) is 6.30. The topological polar surface area (TPSA) is 9.72 Å². The maximum absolute atomic E-state index is 2.75. The molecule has 0 spiro atoms. The minimum absolute atomic E-state index is 0.290. The molecule has 0 atom stereocenters. The quantitative estimate of drug-likeness (QED) is 0.165. The van der Waals surface area contributed by atoms with Crippen molar-refractivity contribution < 1.29 is 32.2 Å². The van der Waals surface area contributed by atoms with E-state index in [0.717, 1.165) is 0 Å². The van der Waals surface area contributed by atoms with Crippen molar-refractivity contribution in [3.8, 4) is 0 Å². The van der Waals surface area contributed by atoms with Crippen LogP contribution in [-0.4, -0.2) is 67.3 Å². The average Bonchev–Trinajstić information content (AvgIpc) is 2.25. The van der Waals surface area contributed by atoms with Gasteiger partial charge in [0.05, 0.1) is 0 Å². The van der Waals surface area contributed by atoms with E-state index in [0.29, 0.717) is 21.5 Å². The van der Waals surface area contributed by atoms with E-state index in [2.05, 4.69) is 65.3 Å². The Morgan fingerprint density at radius 1 is 1.25 bits per heavy atom. The minimum atomic E-state index is -1.50. The van der Waals surface area contributed by atoms with Crippen LogP contribution < -0.4 is 32.2 Å². The van der Waals surface area contributed by atoms with E-state index in [4.69, 9.17) is 0 Å². The molecule has 0 N–H and O–H groups in total. The molecule has 1 fully saturated rings. The number of likely N-dealkylation sites (N-methyl/N-ethyl adjacent to an activating group) is 1. The molecule has 0 aromatic rings. The van der Waals surface area contributed by atoms with Gasteiger partial charge in [-0.15, -0.1) is 0 Å². The van der Waals surface area contributed by atoms with Crippen molar-refractivity contribution in [3.05, 3.63) is 0 Å². The summed E-state index contributed by atoms with van der Waals surface area (Å²) >= 11 is 5.71. The molecule has 102 valence electrons. The molecule has 0 aromatic carbocycles. The molecule has 1 heterocycles. The van der Waals surface area contributed by atoms with E-state index >= 15 is 0 Å². The van der Waals surface area contributed by atoms with Crippen molar-refractivity contribution in [3.63, 3.8) is 0 Å². The Kier molecular flexibility index (Phi) is 8.60. The molecule has 7 heteroatoms. The molecule has 3 nitrogen and oxygen atoms in total. The Morgan fingerprint density at radius 2 is 1.81 bits per heavy atom. The molecule has 0 radical (unpaired) electrons. The third-order valence-electron chi connectivity index (χ3n) is 2.75. The van der Waals surface area contributed by atoms with Gasteiger partial charge in [-0.3, -0.25) is 0 Å². The SMILES string of the molecule is C[I-]N(C)CCN1CCN([I-](C)(I)I)CC1. The fourth-order valence-electron chi connectivity index (χ4n) is 1.61. The van der Waals surface area contributed by atoms with Crippen LogP contribution in [0.15, 0.2) is 0 Å². The van der Waals surface area contributed by atoms with E-state index in [1.165, 1.54) is 39.3 Å². The third-order valence-corrected chi connectivity index (χ3v) is 15.2. The molecular weight excluding hydrogens is 658 g/mol. The second kappa shape index (κ2) is 8.17. The van der Waals surface area contributed by atoms with Gasteiger partial charge in [0.25, 0.3) is 0 Å². The van der Waals surface area contributed by atoms with Crippen molar-refractivity contribution in [2.24, 2.45) is 0 Å². The van der Waals surface area contributed by atoms with Gasteiger partial charge in [-0.25, -0.2) is 0 Å². The Bertz CT molecular complexity index is 201. The van der Waals surface area contributed by atoms with Gasteiger partial charge in [0.1, 0.15) is 0 Å². The molecule has 1 saturated heterocycles. The summed E-state index contributed by atoms with van der Waals surface area (Å²) in [6, 6.07) is 0. The first kappa shape index (κ1) is 16.9. The first-order chi connectivity index (χ1) is 7.43. The van der Waals surface area contributed by atoms with Gasteiger partial charge < -0.3 is 0 Å². The van der Waals surface area contributed by atoms with Crippen LogP contribution >= 0.6 is 37.2 Å². The van der Waals surface area contributed by atoms with Gasteiger partial charge in [0.2, 0.25) is 0 Å². The van der Waals surface area contributed by atoms with Gasteiger partial charge in [0.15, 0.2) is 0 Å². The predicted molar refractivity (Wildman–Crippen MR) is 80.5 cm³/mol. The van der Waals surface area contributed by atoms with Gasteiger partial charge in [-0.2, -0.15) is 0 Å². The Morgan fingerprint density at radius 3 is 2.25 bits per heavy atom. The molecule has 0 bridgehead atoms. The summed E-state index contributed by atoms with van der Waals surface area (Å²) in [6.07, 6.45) is 0. The molecule has 1 rings (SSSR count). The zero-order valence-electron chi connectivity index (χ0n) is 10.1. The molecular formula is C9H21I4N3-2. The van der Waals surface area contributed by atoms with Crippen molar-refractivity contribution in [1.82, 2.24) is 11.1 Å². The zero-order valence-corrected chi connectivity index (χ0v) is 18.7. The summed E-state index contributed by atoms with van der Waals surface area (Å²) in [5.41, 5.74) is 0. The van der Waals surface area contributed by atoms with Crippen molar-refractivity contribution in [1.29, 1.82) is 0 Å². The van der Waals surface area contributed by atoms with Gasteiger partial charge in [0, 0.05) is 0 Å². The Balaban J connectivity index is 2.22. The summed E-state index contributed by atoms with van der Waals surface area (Å²) in [6.45, 7) is 7.68. The predicted octanol–water partition coefficient (Wildman–Crippen LogP) is -4.43. The summed E-state index contributed by atoms with van der Waals surface area (Å²) in [4.78, 5) is 7.44. The van der Waals surface area contributed by atoms with Crippen LogP contribution in [0.5, 0.6) is 0 Å². The number of piperazine rings is 1. The standard InChI is InChI=1S/C9H21I4N3/c1-12-14(3)4-5-15-6-8-16(9-7-15)13(2,10)11/h4-9H2,1-3H3/q-2.